The number of ether oxygens (including phenoxy) is 1. The van der Waals surface area contributed by atoms with E-state index in [1.54, 1.807) is 17.6 Å². The molecule has 1 amide bonds. The maximum Gasteiger partial charge on any atom is 0.274 e. The number of amides is 1. The third-order valence-electron chi connectivity index (χ3n) is 6.37. The topological polar surface area (TPSA) is 70.6 Å². The minimum atomic E-state index is -0.531. The van der Waals surface area contributed by atoms with Crippen LogP contribution in [0.1, 0.15) is 22.3 Å². The third kappa shape index (κ3) is 5.80. The molecule has 5 heteroatoms. The molecular formula is C32H28N2O3. The van der Waals surface area contributed by atoms with Crippen LogP contribution in [0.3, 0.4) is 0 Å². The highest BCUT2D eigenvalue weighted by Gasteiger charge is 2.07. The highest BCUT2D eigenvalue weighted by atomic mass is 16.5. The molecule has 0 radical (unpaired) electrons. The fraction of sp³-hybridized carbons (Fsp3) is 0.0938. The fourth-order valence-electron chi connectivity index (χ4n) is 4.44. The number of benzene rings is 5. The molecule has 0 heterocycles. The first-order chi connectivity index (χ1) is 18.2. The Hall–Kier alpha value is -4.61. The number of nitrogens with one attached hydrogen (secondary N) is 2. The summed E-state index contributed by atoms with van der Waals surface area (Å²) in [4.78, 5) is 11.7. The summed E-state index contributed by atoms with van der Waals surface area (Å²) in [6.07, 6.45) is 2.84. The number of hydrogen-bond donors (Lipinski definition) is 3. The van der Waals surface area contributed by atoms with Gasteiger partial charge in [-0.25, -0.2) is 5.48 Å². The minimum Gasteiger partial charge on any atom is -0.493 e. The molecule has 3 N–H and O–H groups in total. The van der Waals surface area contributed by atoms with Crippen LogP contribution in [0.2, 0.25) is 0 Å². The molecule has 37 heavy (non-hydrogen) atoms. The van der Waals surface area contributed by atoms with E-state index in [1.165, 1.54) is 10.8 Å². The zero-order chi connectivity index (χ0) is 25.5. The summed E-state index contributed by atoms with van der Waals surface area (Å²) < 4.78 is 6.23. The van der Waals surface area contributed by atoms with E-state index in [4.69, 9.17) is 9.94 Å². The Kier molecular flexibility index (Phi) is 7.44. The molecule has 0 aliphatic carbocycles. The summed E-state index contributed by atoms with van der Waals surface area (Å²) in [6, 6.07) is 36.0. The van der Waals surface area contributed by atoms with Gasteiger partial charge in [0.25, 0.3) is 5.91 Å². The van der Waals surface area contributed by atoms with E-state index >= 15 is 0 Å². The Morgan fingerprint density at radius 3 is 2.16 bits per heavy atom. The zero-order valence-electron chi connectivity index (χ0n) is 20.4. The lowest BCUT2D eigenvalue weighted by atomic mass is 10.1. The molecular weight excluding hydrogens is 460 g/mol. The molecule has 5 rings (SSSR count). The molecule has 0 fully saturated rings. The Morgan fingerprint density at radius 2 is 1.41 bits per heavy atom. The van der Waals surface area contributed by atoms with Crippen molar-refractivity contribution in [1.29, 1.82) is 0 Å². The Labute approximate surface area is 216 Å². The smallest absolute Gasteiger partial charge is 0.274 e. The summed E-state index contributed by atoms with van der Waals surface area (Å²) >= 11 is 0. The van der Waals surface area contributed by atoms with Crippen molar-refractivity contribution in [3.63, 3.8) is 0 Å². The van der Waals surface area contributed by atoms with Crippen molar-refractivity contribution in [2.45, 2.75) is 6.42 Å². The number of carbonyl (C=O) groups excluding carboxylic acids is 1. The van der Waals surface area contributed by atoms with Gasteiger partial charge in [0.2, 0.25) is 0 Å². The minimum absolute atomic E-state index is 0.398. The van der Waals surface area contributed by atoms with Crippen LogP contribution in [0.4, 0.5) is 5.69 Å². The maximum atomic E-state index is 11.7. The molecule has 0 aromatic heterocycles. The number of fused-ring (bicyclic) bond motifs is 2. The summed E-state index contributed by atoms with van der Waals surface area (Å²) in [7, 11) is 0. The molecule has 5 aromatic carbocycles. The molecule has 184 valence electrons. The van der Waals surface area contributed by atoms with Crippen molar-refractivity contribution in [3.8, 4) is 5.75 Å². The van der Waals surface area contributed by atoms with E-state index in [1.807, 2.05) is 48.5 Å². The summed E-state index contributed by atoms with van der Waals surface area (Å²) in [6.45, 7) is 1.17. The molecule has 0 unspecified atom stereocenters. The van der Waals surface area contributed by atoms with Gasteiger partial charge in [0.05, 0.1) is 6.61 Å². The molecule has 0 aliphatic rings. The van der Waals surface area contributed by atoms with Crippen LogP contribution in [0.25, 0.3) is 27.6 Å². The van der Waals surface area contributed by atoms with Crippen molar-refractivity contribution < 1.29 is 14.7 Å². The molecule has 0 spiro atoms. The standard InChI is InChI=1S/C32H28N2O3/c35-32(34-36)27-17-15-23(16-18-27)21-24(22-33-30-13-5-9-25-7-1-3-11-28(25)30)19-20-37-31-14-6-10-26-8-2-4-12-29(26)31/h1-18,21,33,36H,19-20,22H2,(H,34,35)/b24-21+. The quantitative estimate of drug-likeness (QED) is 0.153. The van der Waals surface area contributed by atoms with Crippen LogP contribution < -0.4 is 15.5 Å². The predicted octanol–water partition coefficient (Wildman–Crippen LogP) is 7.08. The molecule has 5 aromatic rings. The van der Waals surface area contributed by atoms with Gasteiger partial charge in [-0.15, -0.1) is 0 Å². The van der Waals surface area contributed by atoms with Gasteiger partial charge in [0.15, 0.2) is 0 Å². The van der Waals surface area contributed by atoms with E-state index in [0.29, 0.717) is 18.7 Å². The molecule has 0 saturated carbocycles. The van der Waals surface area contributed by atoms with E-state index in [2.05, 4.69) is 59.9 Å². The highest BCUT2D eigenvalue weighted by molar-refractivity contribution is 5.94. The Bertz CT molecular complexity index is 1550. The number of rotatable bonds is 9. The summed E-state index contributed by atoms with van der Waals surface area (Å²) in [5, 5.41) is 17.1. The van der Waals surface area contributed by atoms with Crippen molar-refractivity contribution in [2.75, 3.05) is 18.5 Å². The lowest BCUT2D eigenvalue weighted by molar-refractivity contribution is 0.0706. The number of hydroxylamine groups is 1. The third-order valence-corrected chi connectivity index (χ3v) is 6.37. The average molecular weight is 489 g/mol. The first kappa shape index (κ1) is 24.1. The van der Waals surface area contributed by atoms with Gasteiger partial charge in [0.1, 0.15) is 5.75 Å². The van der Waals surface area contributed by atoms with Gasteiger partial charge < -0.3 is 10.1 Å². The second-order valence-corrected chi connectivity index (χ2v) is 8.82. The molecule has 5 nitrogen and oxygen atoms in total. The van der Waals surface area contributed by atoms with Crippen LogP contribution >= 0.6 is 0 Å². The van der Waals surface area contributed by atoms with Gasteiger partial charge in [-0.3, -0.25) is 10.0 Å². The Balaban J connectivity index is 1.35. The average Bonchev–Trinajstić information content (AvgIpc) is 2.96. The van der Waals surface area contributed by atoms with Crippen LogP contribution in [-0.2, 0) is 0 Å². The van der Waals surface area contributed by atoms with Crippen LogP contribution in [-0.4, -0.2) is 24.3 Å². The largest absolute Gasteiger partial charge is 0.493 e. The van der Waals surface area contributed by atoms with Crippen molar-refractivity contribution in [2.24, 2.45) is 0 Å². The summed E-state index contributed by atoms with van der Waals surface area (Å²) in [5.74, 6) is 0.343. The van der Waals surface area contributed by atoms with E-state index in [0.717, 1.165) is 39.8 Å². The maximum absolute atomic E-state index is 11.7. The van der Waals surface area contributed by atoms with Crippen LogP contribution in [0.5, 0.6) is 5.75 Å². The first-order valence-electron chi connectivity index (χ1n) is 12.3. The lowest BCUT2D eigenvalue weighted by Gasteiger charge is -2.14. The first-order valence-corrected chi connectivity index (χ1v) is 12.3. The second-order valence-electron chi connectivity index (χ2n) is 8.82. The van der Waals surface area contributed by atoms with E-state index in [9.17, 15) is 4.79 Å². The van der Waals surface area contributed by atoms with Crippen molar-refractivity contribution >= 4 is 39.2 Å². The number of carbonyl (C=O) groups is 1. The summed E-state index contributed by atoms with van der Waals surface area (Å²) in [5.41, 5.74) is 5.27. The predicted molar refractivity (Wildman–Crippen MR) is 150 cm³/mol. The monoisotopic (exact) mass is 488 g/mol. The zero-order valence-corrected chi connectivity index (χ0v) is 20.4. The Morgan fingerprint density at radius 1 is 0.757 bits per heavy atom. The van der Waals surface area contributed by atoms with Crippen LogP contribution in [0, 0.1) is 0 Å². The normalized spacial score (nSPS) is 11.4. The van der Waals surface area contributed by atoms with Gasteiger partial charge in [0, 0.05) is 35.0 Å². The van der Waals surface area contributed by atoms with Crippen molar-refractivity contribution in [1.82, 2.24) is 5.48 Å². The van der Waals surface area contributed by atoms with Gasteiger partial charge in [-0.1, -0.05) is 91.0 Å². The van der Waals surface area contributed by atoms with Gasteiger partial charge in [-0.2, -0.15) is 0 Å². The number of anilines is 1. The lowest BCUT2D eigenvalue weighted by Crippen LogP contribution is -2.18. The van der Waals surface area contributed by atoms with E-state index < -0.39 is 5.91 Å². The van der Waals surface area contributed by atoms with Crippen LogP contribution in [0.15, 0.2) is 115 Å². The van der Waals surface area contributed by atoms with Gasteiger partial charge in [-0.05, 0) is 46.2 Å². The fourth-order valence-corrected chi connectivity index (χ4v) is 4.44. The second kappa shape index (κ2) is 11.4. The highest BCUT2D eigenvalue weighted by Crippen LogP contribution is 2.26. The number of hydrogen-bond acceptors (Lipinski definition) is 4. The SMILES string of the molecule is O=C(NO)c1ccc(/C=C(\CCOc2cccc3ccccc23)CNc2cccc3ccccc23)cc1. The van der Waals surface area contributed by atoms with Crippen molar-refractivity contribution in [3.05, 3.63) is 126 Å². The van der Waals surface area contributed by atoms with Gasteiger partial charge >= 0.3 is 0 Å². The molecule has 0 saturated heterocycles. The molecule has 0 aliphatic heterocycles. The molecule has 0 bridgehead atoms. The van der Waals surface area contributed by atoms with E-state index in [-0.39, 0.29) is 0 Å². The molecule has 0 atom stereocenters.